The first kappa shape index (κ1) is 18.1. The number of benzene rings is 2. The fraction of sp³-hybridized carbons (Fsp3) is 0.158. The van der Waals surface area contributed by atoms with Crippen molar-refractivity contribution in [1.29, 1.82) is 0 Å². The molecule has 0 aliphatic heterocycles. The average molecular weight is 376 g/mol. The number of hydrogen-bond donors (Lipinski definition) is 1. The molecule has 0 aliphatic rings. The van der Waals surface area contributed by atoms with Crippen molar-refractivity contribution in [3.05, 3.63) is 69.7 Å². The van der Waals surface area contributed by atoms with E-state index < -0.39 is 22.7 Å². The molecule has 1 heterocycles. The number of alkyl halides is 3. The monoisotopic (exact) mass is 376 g/mol. The lowest BCUT2D eigenvalue weighted by Gasteiger charge is -2.14. The normalized spacial score (nSPS) is 11.4. The second-order valence-electron chi connectivity index (χ2n) is 5.73. The molecule has 2 aromatic carbocycles. The highest BCUT2D eigenvalue weighted by molar-refractivity contribution is 7.13. The molecule has 0 bridgehead atoms. The Labute approximate surface area is 152 Å². The summed E-state index contributed by atoms with van der Waals surface area (Å²) in [4.78, 5) is 15.6. The summed E-state index contributed by atoms with van der Waals surface area (Å²) in [6, 6.07) is 14.7. The molecule has 3 rings (SSSR count). The van der Waals surface area contributed by atoms with Crippen molar-refractivity contribution >= 4 is 22.9 Å². The maximum atomic E-state index is 13.1. The van der Waals surface area contributed by atoms with Crippen LogP contribution in [0.25, 0.3) is 11.1 Å². The lowest BCUT2D eigenvalue weighted by Crippen LogP contribution is -2.17. The molecule has 1 amide bonds. The zero-order chi connectivity index (χ0) is 18.9. The molecule has 0 saturated heterocycles. The lowest BCUT2D eigenvalue weighted by atomic mass is 9.98. The standard InChI is InChI=1S/C19H15F3N2OS/c1-11-7-6-10-14(15(11)13-8-4-3-5-9-13)24-18(25)16-17(19(20,21)22)23-12(2)26-16/h3-10H,1-2H3,(H,24,25). The number of aryl methyl sites for hydroxylation is 2. The van der Waals surface area contributed by atoms with E-state index in [1.807, 2.05) is 43.3 Å². The van der Waals surface area contributed by atoms with Crippen LogP contribution in [0.1, 0.15) is 25.9 Å². The van der Waals surface area contributed by atoms with Gasteiger partial charge in [0.05, 0.1) is 5.01 Å². The Bertz CT molecular complexity index is 949. The summed E-state index contributed by atoms with van der Waals surface area (Å²) in [6.07, 6.45) is -4.67. The van der Waals surface area contributed by atoms with E-state index >= 15 is 0 Å². The molecule has 3 nitrogen and oxygen atoms in total. The van der Waals surface area contributed by atoms with E-state index in [2.05, 4.69) is 10.3 Å². The van der Waals surface area contributed by atoms with Gasteiger partial charge >= 0.3 is 6.18 Å². The fourth-order valence-electron chi connectivity index (χ4n) is 2.71. The second kappa shape index (κ2) is 6.92. The number of rotatable bonds is 3. The van der Waals surface area contributed by atoms with Crippen molar-refractivity contribution in [2.24, 2.45) is 0 Å². The van der Waals surface area contributed by atoms with Crippen LogP contribution in [0.3, 0.4) is 0 Å². The third-order valence-corrected chi connectivity index (χ3v) is 4.76. The summed E-state index contributed by atoms with van der Waals surface area (Å²) in [7, 11) is 0. The van der Waals surface area contributed by atoms with E-state index in [0.29, 0.717) is 5.69 Å². The quantitative estimate of drug-likeness (QED) is 0.637. The lowest BCUT2D eigenvalue weighted by molar-refractivity contribution is -0.141. The summed E-state index contributed by atoms with van der Waals surface area (Å²) in [5.41, 5.74) is 1.87. The smallest absolute Gasteiger partial charge is 0.321 e. The summed E-state index contributed by atoms with van der Waals surface area (Å²) in [6.45, 7) is 3.33. The van der Waals surface area contributed by atoms with Gasteiger partial charge in [0.15, 0.2) is 5.69 Å². The minimum Gasteiger partial charge on any atom is -0.321 e. The van der Waals surface area contributed by atoms with Crippen molar-refractivity contribution in [2.75, 3.05) is 5.32 Å². The van der Waals surface area contributed by atoms with Crippen LogP contribution in [0.4, 0.5) is 18.9 Å². The Morgan fingerprint density at radius 3 is 2.38 bits per heavy atom. The van der Waals surface area contributed by atoms with Gasteiger partial charge in [-0.2, -0.15) is 13.2 Å². The molecular weight excluding hydrogens is 361 g/mol. The van der Waals surface area contributed by atoms with Crippen molar-refractivity contribution in [3.63, 3.8) is 0 Å². The van der Waals surface area contributed by atoms with Crippen LogP contribution in [-0.4, -0.2) is 10.9 Å². The van der Waals surface area contributed by atoms with Crippen LogP contribution in [0.2, 0.25) is 0 Å². The highest BCUT2D eigenvalue weighted by atomic mass is 32.1. The summed E-state index contributed by atoms with van der Waals surface area (Å²) in [5, 5.41) is 2.81. The zero-order valence-corrected chi connectivity index (χ0v) is 14.8. The van der Waals surface area contributed by atoms with Gasteiger partial charge in [-0.25, -0.2) is 4.98 Å². The molecule has 0 radical (unpaired) electrons. The number of anilines is 1. The second-order valence-corrected chi connectivity index (χ2v) is 6.93. The first-order chi connectivity index (χ1) is 12.3. The molecule has 0 unspecified atom stereocenters. The number of amides is 1. The van der Waals surface area contributed by atoms with Gasteiger partial charge in [-0.3, -0.25) is 4.79 Å². The van der Waals surface area contributed by atoms with Gasteiger partial charge in [0, 0.05) is 11.3 Å². The molecule has 0 atom stereocenters. The van der Waals surface area contributed by atoms with E-state index in [1.54, 1.807) is 12.1 Å². The van der Waals surface area contributed by atoms with Crippen LogP contribution < -0.4 is 5.32 Å². The van der Waals surface area contributed by atoms with Crippen molar-refractivity contribution in [3.8, 4) is 11.1 Å². The molecule has 3 aromatic rings. The third kappa shape index (κ3) is 3.62. The molecule has 0 saturated carbocycles. The largest absolute Gasteiger partial charge is 0.435 e. The van der Waals surface area contributed by atoms with Crippen molar-refractivity contribution < 1.29 is 18.0 Å². The minimum absolute atomic E-state index is 0.190. The fourth-order valence-corrected chi connectivity index (χ4v) is 3.55. The van der Waals surface area contributed by atoms with Gasteiger partial charge in [-0.15, -0.1) is 11.3 Å². The van der Waals surface area contributed by atoms with Crippen LogP contribution in [0.5, 0.6) is 0 Å². The molecule has 0 aliphatic carbocycles. The number of nitrogens with zero attached hydrogens (tertiary/aromatic N) is 1. The summed E-state index contributed by atoms with van der Waals surface area (Å²) < 4.78 is 39.4. The number of carbonyl (C=O) groups excluding carboxylic acids is 1. The first-order valence-electron chi connectivity index (χ1n) is 7.78. The Morgan fingerprint density at radius 2 is 1.73 bits per heavy atom. The van der Waals surface area contributed by atoms with Gasteiger partial charge < -0.3 is 5.32 Å². The van der Waals surface area contributed by atoms with Gasteiger partial charge in [0.2, 0.25) is 0 Å². The number of thiazole rings is 1. The minimum atomic E-state index is -4.67. The molecule has 7 heteroatoms. The van der Waals surface area contributed by atoms with E-state index in [4.69, 9.17) is 0 Å². The van der Waals surface area contributed by atoms with Crippen LogP contribution in [0.15, 0.2) is 48.5 Å². The molecule has 1 N–H and O–H groups in total. The maximum Gasteiger partial charge on any atom is 0.435 e. The molecule has 1 aromatic heterocycles. The number of hydrogen-bond acceptors (Lipinski definition) is 3. The van der Waals surface area contributed by atoms with Crippen molar-refractivity contribution in [1.82, 2.24) is 4.98 Å². The van der Waals surface area contributed by atoms with Crippen LogP contribution >= 0.6 is 11.3 Å². The summed E-state index contributed by atoms with van der Waals surface area (Å²) >= 11 is 0.731. The molecule has 0 spiro atoms. The predicted octanol–water partition coefficient (Wildman–Crippen LogP) is 5.70. The van der Waals surface area contributed by atoms with E-state index in [-0.39, 0.29) is 5.01 Å². The number of halogens is 3. The topological polar surface area (TPSA) is 42.0 Å². The van der Waals surface area contributed by atoms with E-state index in [0.717, 1.165) is 28.0 Å². The highest BCUT2D eigenvalue weighted by Gasteiger charge is 2.39. The Hall–Kier alpha value is -2.67. The SMILES string of the molecule is Cc1nc(C(F)(F)F)c(C(=O)Nc2cccc(C)c2-c2ccccc2)s1. The zero-order valence-electron chi connectivity index (χ0n) is 14.0. The Morgan fingerprint density at radius 1 is 1.04 bits per heavy atom. The molecule has 0 fully saturated rings. The summed E-state index contributed by atoms with van der Waals surface area (Å²) in [5.74, 6) is -0.814. The number of aromatic nitrogens is 1. The Balaban J connectivity index is 2.01. The number of nitrogens with one attached hydrogen (secondary N) is 1. The molecule has 134 valence electrons. The average Bonchev–Trinajstić information content (AvgIpc) is 2.98. The van der Waals surface area contributed by atoms with Crippen LogP contribution in [0, 0.1) is 13.8 Å². The van der Waals surface area contributed by atoms with E-state index in [9.17, 15) is 18.0 Å². The predicted molar refractivity (Wildman–Crippen MR) is 96.4 cm³/mol. The van der Waals surface area contributed by atoms with Crippen LogP contribution in [-0.2, 0) is 6.18 Å². The van der Waals surface area contributed by atoms with Gasteiger partial charge in [0.1, 0.15) is 4.88 Å². The third-order valence-electron chi connectivity index (χ3n) is 3.79. The molecular formula is C19H15F3N2OS. The number of carbonyl (C=O) groups is 1. The van der Waals surface area contributed by atoms with Gasteiger partial charge in [-0.05, 0) is 31.0 Å². The Kier molecular flexibility index (Phi) is 4.82. The first-order valence-corrected chi connectivity index (χ1v) is 8.60. The van der Waals surface area contributed by atoms with E-state index in [1.165, 1.54) is 6.92 Å². The van der Waals surface area contributed by atoms with Crippen molar-refractivity contribution in [2.45, 2.75) is 20.0 Å². The van der Waals surface area contributed by atoms with Gasteiger partial charge in [-0.1, -0.05) is 42.5 Å². The van der Waals surface area contributed by atoms with Gasteiger partial charge in [0.25, 0.3) is 5.91 Å². The molecule has 26 heavy (non-hydrogen) atoms. The highest BCUT2D eigenvalue weighted by Crippen LogP contribution is 2.36. The maximum absolute atomic E-state index is 13.1.